The Morgan fingerprint density at radius 1 is 1.18 bits per heavy atom. The van der Waals surface area contributed by atoms with Gasteiger partial charge in [-0.3, -0.25) is 9.59 Å². The first-order chi connectivity index (χ1) is 10.6. The molecule has 0 aliphatic heterocycles. The lowest BCUT2D eigenvalue weighted by Crippen LogP contribution is -2.32. The molecule has 1 amide bonds. The Morgan fingerprint density at radius 3 is 2.59 bits per heavy atom. The van der Waals surface area contributed by atoms with Crippen LogP contribution in [-0.4, -0.2) is 30.4 Å². The van der Waals surface area contributed by atoms with Crippen molar-refractivity contribution in [2.45, 2.75) is 19.4 Å². The van der Waals surface area contributed by atoms with E-state index in [0.717, 1.165) is 18.4 Å². The van der Waals surface area contributed by atoms with Gasteiger partial charge in [0.05, 0.1) is 5.92 Å². The van der Waals surface area contributed by atoms with E-state index in [0.29, 0.717) is 18.4 Å². The van der Waals surface area contributed by atoms with E-state index in [2.05, 4.69) is 12.2 Å². The van der Waals surface area contributed by atoms with E-state index in [1.54, 1.807) is 11.9 Å². The van der Waals surface area contributed by atoms with Gasteiger partial charge in [-0.05, 0) is 30.2 Å². The van der Waals surface area contributed by atoms with Gasteiger partial charge in [-0.2, -0.15) is 0 Å². The lowest BCUT2D eigenvalue weighted by molar-refractivity contribution is -0.156. The summed E-state index contributed by atoms with van der Waals surface area (Å²) in [6.07, 6.45) is 6.23. The van der Waals surface area contributed by atoms with Gasteiger partial charge in [-0.25, -0.2) is 0 Å². The number of hydrogen-bond donors (Lipinski definition) is 0. The third-order valence-corrected chi connectivity index (χ3v) is 4.61. The van der Waals surface area contributed by atoms with Gasteiger partial charge in [0.2, 0.25) is 0 Å². The maximum absolute atomic E-state index is 12.1. The minimum absolute atomic E-state index is 0.0535. The third kappa shape index (κ3) is 3.21. The second-order valence-corrected chi connectivity index (χ2v) is 6.23. The molecule has 0 heterocycles. The van der Waals surface area contributed by atoms with Crippen molar-refractivity contribution < 1.29 is 14.3 Å². The zero-order chi connectivity index (χ0) is 15.5. The number of carbonyl (C=O) groups is 2. The van der Waals surface area contributed by atoms with Gasteiger partial charge in [-0.1, -0.05) is 42.5 Å². The minimum atomic E-state index is -0.224. The first-order valence-electron chi connectivity index (χ1n) is 7.76. The topological polar surface area (TPSA) is 46.6 Å². The zero-order valence-electron chi connectivity index (χ0n) is 12.8. The number of allylic oxidation sites excluding steroid dienone is 2. The lowest BCUT2D eigenvalue weighted by atomic mass is 9.94. The molecule has 2 aliphatic rings. The Labute approximate surface area is 130 Å². The van der Waals surface area contributed by atoms with Crippen molar-refractivity contribution in [1.29, 1.82) is 0 Å². The number of amides is 1. The highest BCUT2D eigenvalue weighted by Gasteiger charge is 2.40. The molecule has 2 aliphatic carbocycles. The van der Waals surface area contributed by atoms with Crippen molar-refractivity contribution in [1.82, 2.24) is 4.90 Å². The number of hydrogen-bond acceptors (Lipinski definition) is 3. The van der Waals surface area contributed by atoms with Crippen LogP contribution in [0.5, 0.6) is 0 Å². The predicted octanol–water partition coefficient (Wildman–Crippen LogP) is 2.40. The highest BCUT2D eigenvalue weighted by atomic mass is 16.5. The molecule has 0 unspecified atom stereocenters. The smallest absolute Gasteiger partial charge is 0.310 e. The van der Waals surface area contributed by atoms with E-state index in [1.807, 2.05) is 30.3 Å². The highest BCUT2D eigenvalue weighted by Crippen LogP contribution is 2.43. The van der Waals surface area contributed by atoms with Gasteiger partial charge in [0.1, 0.15) is 0 Å². The molecule has 0 radical (unpaired) electrons. The summed E-state index contributed by atoms with van der Waals surface area (Å²) in [5, 5.41) is 0. The van der Waals surface area contributed by atoms with Crippen LogP contribution in [0.25, 0.3) is 0 Å². The fourth-order valence-corrected chi connectivity index (χ4v) is 3.35. The Bertz CT molecular complexity index is 581. The molecule has 4 nitrogen and oxygen atoms in total. The number of carbonyl (C=O) groups excluding carboxylic acids is 2. The van der Waals surface area contributed by atoms with Crippen molar-refractivity contribution >= 4 is 11.9 Å². The fraction of sp³-hybridized carbons (Fsp3) is 0.444. The summed E-state index contributed by atoms with van der Waals surface area (Å²) < 4.78 is 5.24. The molecule has 3 rings (SSSR count). The van der Waals surface area contributed by atoms with Crippen LogP contribution < -0.4 is 0 Å². The molecular formula is C18H21NO3. The van der Waals surface area contributed by atoms with Crippen molar-refractivity contribution in [3.05, 3.63) is 48.0 Å². The Hall–Kier alpha value is -2.10. The largest absolute Gasteiger partial charge is 0.455 e. The number of fused-ring (bicyclic) bond motifs is 2. The number of benzene rings is 1. The fourth-order valence-electron chi connectivity index (χ4n) is 3.35. The van der Waals surface area contributed by atoms with Crippen LogP contribution in [0.15, 0.2) is 42.5 Å². The van der Waals surface area contributed by atoms with Crippen molar-refractivity contribution in [3.63, 3.8) is 0 Å². The molecule has 0 saturated heterocycles. The molecule has 0 aromatic heterocycles. The number of ether oxygens (including phenoxy) is 1. The quantitative estimate of drug-likeness (QED) is 0.619. The molecule has 0 N–H and O–H groups in total. The summed E-state index contributed by atoms with van der Waals surface area (Å²) in [6, 6.07) is 9.76. The van der Waals surface area contributed by atoms with E-state index < -0.39 is 0 Å². The zero-order valence-corrected chi connectivity index (χ0v) is 12.8. The van der Waals surface area contributed by atoms with E-state index in [4.69, 9.17) is 4.74 Å². The van der Waals surface area contributed by atoms with Crippen LogP contribution in [0.2, 0.25) is 0 Å². The van der Waals surface area contributed by atoms with E-state index in [-0.39, 0.29) is 24.4 Å². The maximum atomic E-state index is 12.1. The molecule has 1 fully saturated rings. The Kier molecular flexibility index (Phi) is 4.27. The molecule has 116 valence electrons. The Balaban J connectivity index is 1.45. The monoisotopic (exact) mass is 299 g/mol. The van der Waals surface area contributed by atoms with Gasteiger partial charge >= 0.3 is 5.97 Å². The van der Waals surface area contributed by atoms with Gasteiger partial charge in [-0.15, -0.1) is 0 Å². The molecule has 4 heteroatoms. The third-order valence-electron chi connectivity index (χ3n) is 4.61. The predicted molar refractivity (Wildman–Crippen MR) is 82.7 cm³/mol. The van der Waals surface area contributed by atoms with Crippen LogP contribution in [0.4, 0.5) is 0 Å². The standard InChI is InChI=1S/C18H21NO3/c1-19(11-13-5-3-2-4-6-13)17(20)12-22-18(21)16-10-14-7-8-15(16)9-14/h2-8,14-16H,9-12H2,1H3/t14-,15+,16+/m0/s1. The van der Waals surface area contributed by atoms with Crippen LogP contribution in [0.3, 0.4) is 0 Å². The Morgan fingerprint density at radius 2 is 1.95 bits per heavy atom. The molecule has 2 bridgehead atoms. The van der Waals surface area contributed by atoms with E-state index in [9.17, 15) is 9.59 Å². The number of nitrogens with zero attached hydrogens (tertiary/aromatic N) is 1. The number of esters is 1. The van der Waals surface area contributed by atoms with Gasteiger partial charge < -0.3 is 9.64 Å². The van der Waals surface area contributed by atoms with Gasteiger partial charge in [0.25, 0.3) is 5.91 Å². The first-order valence-corrected chi connectivity index (χ1v) is 7.76. The van der Waals surface area contributed by atoms with Gasteiger partial charge in [0, 0.05) is 13.6 Å². The molecule has 22 heavy (non-hydrogen) atoms. The molecule has 0 spiro atoms. The summed E-state index contributed by atoms with van der Waals surface area (Å²) in [5.74, 6) is 0.394. The van der Waals surface area contributed by atoms with Gasteiger partial charge in [0.15, 0.2) is 6.61 Å². The molecule has 1 aromatic carbocycles. The lowest BCUT2D eigenvalue weighted by Gasteiger charge is -2.19. The van der Waals surface area contributed by atoms with Crippen LogP contribution in [-0.2, 0) is 20.9 Å². The normalized spacial score (nSPS) is 25.2. The average Bonchev–Trinajstić information content (AvgIpc) is 3.16. The molecule has 1 saturated carbocycles. The van der Waals surface area contributed by atoms with Crippen molar-refractivity contribution in [2.75, 3.05) is 13.7 Å². The van der Waals surface area contributed by atoms with Crippen LogP contribution >= 0.6 is 0 Å². The summed E-state index contributed by atoms with van der Waals surface area (Å²) >= 11 is 0. The average molecular weight is 299 g/mol. The van der Waals surface area contributed by atoms with Crippen LogP contribution in [0.1, 0.15) is 18.4 Å². The van der Waals surface area contributed by atoms with Crippen molar-refractivity contribution in [2.24, 2.45) is 17.8 Å². The second kappa shape index (κ2) is 6.34. The second-order valence-electron chi connectivity index (χ2n) is 6.23. The summed E-state index contributed by atoms with van der Waals surface area (Å²) in [6.45, 7) is 0.355. The number of rotatable bonds is 5. The molecule has 1 aromatic rings. The first kappa shape index (κ1) is 14.8. The summed E-state index contributed by atoms with van der Waals surface area (Å²) in [4.78, 5) is 25.7. The van der Waals surface area contributed by atoms with Crippen LogP contribution in [0, 0.1) is 17.8 Å². The SMILES string of the molecule is CN(Cc1ccccc1)C(=O)COC(=O)[C@@H]1C[C@H]2C=C[C@@H]1C2. The van der Waals surface area contributed by atoms with Crippen molar-refractivity contribution in [3.8, 4) is 0 Å². The summed E-state index contributed by atoms with van der Waals surface area (Å²) in [7, 11) is 1.73. The van der Waals surface area contributed by atoms with E-state index in [1.165, 1.54) is 0 Å². The highest BCUT2D eigenvalue weighted by molar-refractivity contribution is 5.81. The number of likely N-dealkylation sites (N-methyl/N-ethyl adjacent to an activating group) is 1. The van der Waals surface area contributed by atoms with E-state index >= 15 is 0 Å². The maximum Gasteiger partial charge on any atom is 0.310 e. The molecule has 3 atom stereocenters. The molecular weight excluding hydrogens is 278 g/mol. The minimum Gasteiger partial charge on any atom is -0.455 e. The summed E-state index contributed by atoms with van der Waals surface area (Å²) in [5.41, 5.74) is 1.06.